The maximum Gasteiger partial charge on any atom is 0.351 e. The number of nitrogen functional groups attached to an aromatic ring is 1. The molecule has 0 aliphatic carbocycles. The number of rotatable bonds is 2. The number of aliphatic hydroxyl groups excluding tert-OH is 1. The van der Waals surface area contributed by atoms with Crippen LogP contribution in [0.3, 0.4) is 0 Å². The van der Waals surface area contributed by atoms with Gasteiger partial charge in [0, 0.05) is 11.9 Å². The summed E-state index contributed by atoms with van der Waals surface area (Å²) in [6, 6.07) is 1.54. The predicted octanol–water partition coefficient (Wildman–Crippen LogP) is 0.432. The van der Waals surface area contributed by atoms with Gasteiger partial charge in [0.1, 0.15) is 17.5 Å². The van der Waals surface area contributed by atoms with Crippen LogP contribution in [0.4, 0.5) is 5.82 Å². The summed E-state index contributed by atoms with van der Waals surface area (Å²) < 4.78 is 6.79. The minimum atomic E-state index is -0.431. The third-order valence-electron chi connectivity index (χ3n) is 2.04. The molecule has 1 unspecified atom stereocenters. The molecule has 1 fully saturated rings. The number of anilines is 1. The third-order valence-corrected chi connectivity index (χ3v) is 3.15. The number of ether oxygens (including phenoxy) is 1. The van der Waals surface area contributed by atoms with Gasteiger partial charge < -0.3 is 15.6 Å². The Balaban J connectivity index is 0.000000686. The molecule has 0 radical (unpaired) electrons. The Kier molecular flexibility index (Phi) is 5.46. The molecule has 3 N–H and O–H groups in total. The molecule has 0 spiro atoms. The largest absolute Gasteiger partial charge is 0.393 e. The molecule has 17 heavy (non-hydrogen) atoms. The van der Waals surface area contributed by atoms with Gasteiger partial charge in [0.25, 0.3) is 0 Å². The van der Waals surface area contributed by atoms with Gasteiger partial charge in [0.05, 0.1) is 6.61 Å². The molecule has 1 aliphatic heterocycles. The SMILES string of the molecule is CC.Nc1ccn(C2CS[C@@H](CO)O2)c(=O)n1. The summed E-state index contributed by atoms with van der Waals surface area (Å²) in [5.74, 6) is 0.817. The molecule has 1 saturated heterocycles. The van der Waals surface area contributed by atoms with E-state index in [2.05, 4.69) is 4.98 Å². The molecule has 7 heteroatoms. The van der Waals surface area contributed by atoms with Gasteiger partial charge in [0.15, 0.2) is 0 Å². The van der Waals surface area contributed by atoms with Crippen LogP contribution in [0.5, 0.6) is 0 Å². The Hall–Kier alpha value is -1.05. The Bertz CT molecular complexity index is 410. The first kappa shape index (κ1) is 14.0. The summed E-state index contributed by atoms with van der Waals surface area (Å²) in [5.41, 5.74) is 4.67. The van der Waals surface area contributed by atoms with Crippen LogP contribution < -0.4 is 11.4 Å². The number of nitrogens with two attached hydrogens (primary N) is 1. The highest BCUT2D eigenvalue weighted by molar-refractivity contribution is 8.00. The van der Waals surface area contributed by atoms with E-state index >= 15 is 0 Å². The van der Waals surface area contributed by atoms with E-state index in [9.17, 15) is 4.79 Å². The zero-order valence-electron chi connectivity index (χ0n) is 9.87. The molecule has 0 saturated carbocycles. The Morgan fingerprint density at radius 2 is 2.41 bits per heavy atom. The monoisotopic (exact) mass is 259 g/mol. The number of hydrogen-bond donors (Lipinski definition) is 2. The molecule has 0 amide bonds. The zero-order chi connectivity index (χ0) is 12.8. The Morgan fingerprint density at radius 1 is 1.71 bits per heavy atom. The van der Waals surface area contributed by atoms with Crippen LogP contribution in [-0.2, 0) is 4.74 Å². The van der Waals surface area contributed by atoms with Crippen molar-refractivity contribution in [3.63, 3.8) is 0 Å². The van der Waals surface area contributed by atoms with Crippen molar-refractivity contribution in [2.45, 2.75) is 25.5 Å². The lowest BCUT2D eigenvalue weighted by molar-refractivity contribution is -0.00629. The number of hydrogen-bond acceptors (Lipinski definition) is 6. The number of thioether (sulfide) groups is 1. The second kappa shape index (κ2) is 6.63. The standard InChI is InChI=1S/C8H11N3O3S.C2H6/c9-5-1-2-11(8(13)10-5)6-4-15-7(3-12)14-6;1-2/h1-2,6-7,12H,3-4H2,(H2,9,10,13);1-2H3/t6?,7-;/m0./s1. The van der Waals surface area contributed by atoms with Gasteiger partial charge in [-0.3, -0.25) is 4.57 Å². The minimum absolute atomic E-state index is 0.0572. The summed E-state index contributed by atoms with van der Waals surface area (Å²) in [7, 11) is 0. The van der Waals surface area contributed by atoms with Gasteiger partial charge in [-0.15, -0.1) is 11.8 Å². The van der Waals surface area contributed by atoms with Crippen molar-refractivity contribution in [1.29, 1.82) is 0 Å². The molecule has 2 atom stereocenters. The lowest BCUT2D eigenvalue weighted by atomic mass is 10.5. The van der Waals surface area contributed by atoms with Crippen LogP contribution in [0.25, 0.3) is 0 Å². The molecule has 0 bridgehead atoms. The molecule has 1 aromatic rings. The van der Waals surface area contributed by atoms with Crippen LogP contribution in [0.2, 0.25) is 0 Å². The quantitative estimate of drug-likeness (QED) is 0.800. The summed E-state index contributed by atoms with van der Waals surface area (Å²) in [4.78, 5) is 15.0. The first-order valence-corrected chi connectivity index (χ1v) is 6.48. The second-order valence-corrected chi connectivity index (χ2v) is 4.27. The number of aromatic nitrogens is 2. The minimum Gasteiger partial charge on any atom is -0.393 e. The molecule has 2 heterocycles. The number of aliphatic hydroxyl groups is 1. The lowest BCUT2D eigenvalue weighted by Gasteiger charge is -2.13. The van der Waals surface area contributed by atoms with E-state index in [4.69, 9.17) is 15.6 Å². The molecule has 2 rings (SSSR count). The van der Waals surface area contributed by atoms with Gasteiger partial charge in [-0.1, -0.05) is 13.8 Å². The van der Waals surface area contributed by atoms with Crippen molar-refractivity contribution in [2.75, 3.05) is 18.1 Å². The molecular weight excluding hydrogens is 242 g/mol. The normalized spacial score (nSPS) is 23.0. The van der Waals surface area contributed by atoms with Crippen molar-refractivity contribution in [3.05, 3.63) is 22.7 Å². The van der Waals surface area contributed by atoms with Crippen LogP contribution in [0.15, 0.2) is 17.1 Å². The molecule has 1 aromatic heterocycles. The van der Waals surface area contributed by atoms with Crippen LogP contribution in [0, 0.1) is 0 Å². The van der Waals surface area contributed by atoms with Gasteiger partial charge >= 0.3 is 5.69 Å². The smallest absolute Gasteiger partial charge is 0.351 e. The molecular formula is C10H17N3O3S. The van der Waals surface area contributed by atoms with E-state index in [0.29, 0.717) is 5.75 Å². The third kappa shape index (κ3) is 3.45. The lowest BCUT2D eigenvalue weighted by Crippen LogP contribution is -2.28. The summed E-state index contributed by atoms with van der Waals surface area (Å²) in [6.45, 7) is 3.94. The van der Waals surface area contributed by atoms with Crippen molar-refractivity contribution in [2.24, 2.45) is 0 Å². The maximum absolute atomic E-state index is 11.4. The second-order valence-electron chi connectivity index (χ2n) is 3.08. The molecule has 0 aromatic carbocycles. The fourth-order valence-corrected chi connectivity index (χ4v) is 2.26. The fourth-order valence-electron chi connectivity index (χ4n) is 1.33. The predicted molar refractivity (Wildman–Crippen MR) is 67.7 cm³/mol. The highest BCUT2D eigenvalue weighted by atomic mass is 32.2. The first-order valence-electron chi connectivity index (χ1n) is 5.43. The van der Waals surface area contributed by atoms with Crippen molar-refractivity contribution in [3.8, 4) is 0 Å². The van der Waals surface area contributed by atoms with Crippen molar-refractivity contribution >= 4 is 17.6 Å². The van der Waals surface area contributed by atoms with E-state index in [1.165, 1.54) is 16.3 Å². The molecule has 96 valence electrons. The van der Waals surface area contributed by atoms with E-state index < -0.39 is 5.69 Å². The van der Waals surface area contributed by atoms with Crippen molar-refractivity contribution in [1.82, 2.24) is 9.55 Å². The maximum atomic E-state index is 11.4. The average molecular weight is 259 g/mol. The summed E-state index contributed by atoms with van der Waals surface area (Å²) >= 11 is 1.47. The highest BCUT2D eigenvalue weighted by Crippen LogP contribution is 2.30. The van der Waals surface area contributed by atoms with Crippen LogP contribution >= 0.6 is 11.8 Å². The Labute approximate surface area is 104 Å². The van der Waals surface area contributed by atoms with Gasteiger partial charge in [-0.05, 0) is 6.07 Å². The summed E-state index contributed by atoms with van der Waals surface area (Å²) in [6.07, 6.45) is 1.18. The number of nitrogens with zero attached hydrogens (tertiary/aromatic N) is 2. The highest BCUT2D eigenvalue weighted by Gasteiger charge is 2.27. The van der Waals surface area contributed by atoms with E-state index in [1.807, 2.05) is 13.8 Å². The average Bonchev–Trinajstić information content (AvgIpc) is 2.80. The topological polar surface area (TPSA) is 90.4 Å². The van der Waals surface area contributed by atoms with Crippen LogP contribution in [0.1, 0.15) is 20.1 Å². The fraction of sp³-hybridized carbons (Fsp3) is 0.600. The Morgan fingerprint density at radius 3 is 2.94 bits per heavy atom. The van der Waals surface area contributed by atoms with E-state index in [1.54, 1.807) is 12.3 Å². The van der Waals surface area contributed by atoms with Crippen LogP contribution in [-0.4, -0.2) is 32.5 Å². The van der Waals surface area contributed by atoms with E-state index in [0.717, 1.165) is 0 Å². The van der Waals surface area contributed by atoms with Gasteiger partial charge in [-0.25, -0.2) is 4.79 Å². The molecule has 6 nitrogen and oxygen atoms in total. The zero-order valence-corrected chi connectivity index (χ0v) is 10.7. The first-order chi connectivity index (χ1) is 8.20. The molecule has 1 aliphatic rings. The van der Waals surface area contributed by atoms with Gasteiger partial charge in [0.2, 0.25) is 0 Å². The summed E-state index contributed by atoms with van der Waals surface area (Å²) in [5, 5.41) is 8.88. The van der Waals surface area contributed by atoms with Crippen molar-refractivity contribution < 1.29 is 9.84 Å². The van der Waals surface area contributed by atoms with Gasteiger partial charge in [-0.2, -0.15) is 4.98 Å². The van der Waals surface area contributed by atoms with E-state index in [-0.39, 0.29) is 24.1 Å².